The van der Waals surface area contributed by atoms with Gasteiger partial charge in [-0.3, -0.25) is 9.59 Å². The van der Waals surface area contributed by atoms with Crippen LogP contribution < -0.4 is 4.74 Å². The predicted octanol–water partition coefficient (Wildman–Crippen LogP) is 1.82. The molecule has 0 saturated carbocycles. The number of rotatable bonds is 1. The zero-order chi connectivity index (χ0) is 21.8. The summed E-state index contributed by atoms with van der Waals surface area (Å²) in [5.74, 6) is -0.314. The fourth-order valence-corrected chi connectivity index (χ4v) is 3.98. The molecule has 2 heterocycles. The number of benzene rings is 1. The molecule has 8 nitrogen and oxygen atoms in total. The minimum absolute atomic E-state index is 0.0106. The van der Waals surface area contributed by atoms with E-state index in [1.54, 1.807) is 51.2 Å². The average molecular weight is 415 g/mol. The highest BCUT2D eigenvalue weighted by Crippen LogP contribution is 2.29. The predicted molar refractivity (Wildman–Crippen MR) is 109 cm³/mol. The third-order valence-electron chi connectivity index (χ3n) is 6.04. The van der Waals surface area contributed by atoms with Gasteiger partial charge in [0.05, 0.1) is 23.3 Å². The van der Waals surface area contributed by atoms with Gasteiger partial charge in [0.15, 0.2) is 0 Å². The number of nitrogens with zero attached hydrogens (tertiary/aromatic N) is 3. The van der Waals surface area contributed by atoms with Gasteiger partial charge in [0, 0.05) is 27.7 Å². The van der Waals surface area contributed by atoms with Crippen molar-refractivity contribution in [1.29, 1.82) is 5.26 Å². The molecule has 1 aromatic carbocycles. The SMILES string of the molecule is CO[C@@H]1CC[C@H]2CCN(C)C(=O)[C@@H](C)N(C)C(=O)c3cccc(C#N)c3OC[C@H]1O2. The van der Waals surface area contributed by atoms with E-state index in [1.807, 2.05) is 0 Å². The van der Waals surface area contributed by atoms with Gasteiger partial charge in [-0.25, -0.2) is 0 Å². The topological polar surface area (TPSA) is 92.1 Å². The van der Waals surface area contributed by atoms with Crippen LogP contribution in [0.2, 0.25) is 0 Å². The van der Waals surface area contributed by atoms with Crippen molar-refractivity contribution < 1.29 is 23.8 Å². The quantitative estimate of drug-likeness (QED) is 0.695. The fraction of sp³-hybridized carbons (Fsp3) is 0.591. The molecule has 2 aliphatic heterocycles. The molecule has 0 radical (unpaired) electrons. The van der Waals surface area contributed by atoms with Gasteiger partial charge < -0.3 is 24.0 Å². The van der Waals surface area contributed by atoms with Crippen LogP contribution in [0.15, 0.2) is 18.2 Å². The Labute approximate surface area is 177 Å². The zero-order valence-corrected chi connectivity index (χ0v) is 18.0. The second kappa shape index (κ2) is 9.45. The molecule has 0 unspecified atom stereocenters. The summed E-state index contributed by atoms with van der Waals surface area (Å²) >= 11 is 0. The van der Waals surface area contributed by atoms with E-state index in [4.69, 9.17) is 14.2 Å². The summed E-state index contributed by atoms with van der Waals surface area (Å²) in [6.07, 6.45) is 1.87. The van der Waals surface area contributed by atoms with Crippen LogP contribution in [0.4, 0.5) is 0 Å². The Morgan fingerprint density at radius 1 is 1.20 bits per heavy atom. The number of hydrogen-bond acceptors (Lipinski definition) is 6. The normalized spacial score (nSPS) is 28.2. The zero-order valence-electron chi connectivity index (χ0n) is 18.0. The maximum Gasteiger partial charge on any atom is 0.258 e. The molecular weight excluding hydrogens is 386 g/mol. The van der Waals surface area contributed by atoms with Crippen LogP contribution in [-0.4, -0.2) is 80.3 Å². The van der Waals surface area contributed by atoms with E-state index in [9.17, 15) is 14.9 Å². The van der Waals surface area contributed by atoms with Gasteiger partial charge >= 0.3 is 0 Å². The van der Waals surface area contributed by atoms with Gasteiger partial charge in [0.25, 0.3) is 5.91 Å². The van der Waals surface area contributed by atoms with Crippen molar-refractivity contribution in [2.45, 2.75) is 50.5 Å². The number of amides is 2. The third-order valence-corrected chi connectivity index (χ3v) is 6.04. The number of fused-ring (bicyclic) bond motifs is 3. The Hall–Kier alpha value is -2.63. The Morgan fingerprint density at radius 3 is 2.67 bits per heavy atom. The van der Waals surface area contributed by atoms with Crippen molar-refractivity contribution in [2.24, 2.45) is 0 Å². The summed E-state index contributed by atoms with van der Waals surface area (Å²) in [7, 11) is 4.97. The monoisotopic (exact) mass is 415 g/mol. The highest BCUT2D eigenvalue weighted by atomic mass is 16.6. The minimum Gasteiger partial charge on any atom is -0.489 e. The van der Waals surface area contributed by atoms with E-state index in [0.29, 0.717) is 13.0 Å². The summed E-state index contributed by atoms with van der Waals surface area (Å²) in [4.78, 5) is 29.1. The molecule has 1 aromatic rings. The summed E-state index contributed by atoms with van der Waals surface area (Å²) in [6, 6.07) is 6.30. The van der Waals surface area contributed by atoms with E-state index in [-0.39, 0.29) is 53.6 Å². The van der Waals surface area contributed by atoms with Crippen molar-refractivity contribution in [3.63, 3.8) is 0 Å². The molecule has 0 N–H and O–H groups in total. The molecule has 2 amide bonds. The number of carbonyl (C=O) groups excluding carboxylic acids is 2. The van der Waals surface area contributed by atoms with Crippen molar-refractivity contribution in [1.82, 2.24) is 9.80 Å². The molecule has 8 heteroatoms. The maximum atomic E-state index is 13.2. The van der Waals surface area contributed by atoms with Crippen LogP contribution in [0.5, 0.6) is 5.75 Å². The molecule has 30 heavy (non-hydrogen) atoms. The first kappa shape index (κ1) is 22.1. The first-order chi connectivity index (χ1) is 14.4. The molecule has 0 aromatic heterocycles. The summed E-state index contributed by atoms with van der Waals surface area (Å²) in [5, 5.41) is 9.55. The van der Waals surface area contributed by atoms with Crippen LogP contribution >= 0.6 is 0 Å². The lowest BCUT2D eigenvalue weighted by molar-refractivity contribution is -0.146. The number of methoxy groups -OCH3 is 1. The molecule has 4 atom stereocenters. The van der Waals surface area contributed by atoms with E-state index < -0.39 is 6.04 Å². The molecule has 1 fully saturated rings. The van der Waals surface area contributed by atoms with Crippen LogP contribution in [0, 0.1) is 11.3 Å². The molecule has 0 spiro atoms. The number of carbonyl (C=O) groups is 2. The van der Waals surface area contributed by atoms with Gasteiger partial charge in [0.1, 0.15) is 30.6 Å². The van der Waals surface area contributed by atoms with Crippen molar-refractivity contribution in [3.8, 4) is 11.8 Å². The second-order valence-electron chi connectivity index (χ2n) is 7.89. The summed E-state index contributed by atoms with van der Waals surface area (Å²) < 4.78 is 17.8. The second-order valence-corrected chi connectivity index (χ2v) is 7.89. The Morgan fingerprint density at radius 2 is 1.97 bits per heavy atom. The van der Waals surface area contributed by atoms with Crippen molar-refractivity contribution in [3.05, 3.63) is 29.3 Å². The van der Waals surface area contributed by atoms with Crippen molar-refractivity contribution in [2.75, 3.05) is 34.4 Å². The maximum absolute atomic E-state index is 13.2. The highest BCUT2D eigenvalue weighted by Gasteiger charge is 2.34. The summed E-state index contributed by atoms with van der Waals surface area (Å²) in [5.41, 5.74) is 0.510. The Balaban J connectivity index is 2.00. The number of nitriles is 1. The van der Waals surface area contributed by atoms with Gasteiger partial charge in [-0.2, -0.15) is 5.26 Å². The Kier molecular flexibility index (Phi) is 6.95. The van der Waals surface area contributed by atoms with Crippen LogP contribution in [0.25, 0.3) is 0 Å². The first-order valence-corrected chi connectivity index (χ1v) is 10.2. The van der Waals surface area contributed by atoms with E-state index in [2.05, 4.69) is 6.07 Å². The number of hydrogen-bond donors (Lipinski definition) is 0. The van der Waals surface area contributed by atoms with Crippen molar-refractivity contribution >= 4 is 11.8 Å². The molecule has 0 aliphatic carbocycles. The van der Waals surface area contributed by atoms with E-state index in [0.717, 1.165) is 12.8 Å². The number of para-hydroxylation sites is 1. The molecule has 162 valence electrons. The fourth-order valence-electron chi connectivity index (χ4n) is 3.98. The molecule has 2 bridgehead atoms. The van der Waals surface area contributed by atoms with E-state index in [1.165, 1.54) is 4.90 Å². The van der Waals surface area contributed by atoms with Crippen LogP contribution in [-0.2, 0) is 14.3 Å². The molecule has 2 aliphatic rings. The largest absolute Gasteiger partial charge is 0.489 e. The van der Waals surface area contributed by atoms with Gasteiger partial charge in [0.2, 0.25) is 5.91 Å². The van der Waals surface area contributed by atoms with Gasteiger partial charge in [-0.15, -0.1) is 0 Å². The minimum atomic E-state index is -0.651. The lowest BCUT2D eigenvalue weighted by Gasteiger charge is -2.37. The number of likely N-dealkylation sites (N-methyl/N-ethyl adjacent to an activating group) is 2. The summed E-state index contributed by atoms with van der Waals surface area (Å²) in [6.45, 7) is 2.41. The lowest BCUT2D eigenvalue weighted by Crippen LogP contribution is -2.48. The first-order valence-electron chi connectivity index (χ1n) is 10.2. The Bertz CT molecular complexity index is 837. The van der Waals surface area contributed by atoms with Gasteiger partial charge in [-0.1, -0.05) is 6.07 Å². The third kappa shape index (κ3) is 4.42. The number of ether oxygens (including phenoxy) is 3. The van der Waals surface area contributed by atoms with Crippen LogP contribution in [0.3, 0.4) is 0 Å². The molecule has 1 saturated heterocycles. The van der Waals surface area contributed by atoms with Crippen LogP contribution in [0.1, 0.15) is 42.1 Å². The highest BCUT2D eigenvalue weighted by molar-refractivity contribution is 6.00. The van der Waals surface area contributed by atoms with E-state index >= 15 is 0 Å². The molecule has 3 rings (SSSR count). The molecular formula is C22H29N3O5. The smallest absolute Gasteiger partial charge is 0.258 e. The lowest BCUT2D eigenvalue weighted by atomic mass is 9.99. The average Bonchev–Trinajstić information content (AvgIpc) is 2.78. The van der Waals surface area contributed by atoms with Gasteiger partial charge in [-0.05, 0) is 38.3 Å². The standard InChI is InChI=1S/C22H29N3O5/c1-14-21(26)24(2)11-10-16-8-9-18(28-4)19(30-16)13-29-20-15(12-23)6-5-7-17(20)22(27)25(14)3/h5-7,14,16,18-19H,8-11,13H2,1-4H3/t14-,16+,18-,19-/m1/s1.